The zero-order valence-electron chi connectivity index (χ0n) is 17.4. The van der Waals surface area contributed by atoms with Crippen molar-refractivity contribution >= 4 is 33.2 Å². The van der Waals surface area contributed by atoms with Crippen LogP contribution < -0.4 is 10.0 Å². The summed E-state index contributed by atoms with van der Waals surface area (Å²) < 4.78 is 27.7. The van der Waals surface area contributed by atoms with Gasteiger partial charge in [0.05, 0.1) is 21.5 Å². The lowest BCUT2D eigenvalue weighted by molar-refractivity contribution is 0.0932. The monoisotopic (exact) mass is 456 g/mol. The molecular weight excluding hydrogens is 432 g/mol. The highest BCUT2D eigenvalue weighted by Crippen LogP contribution is 2.26. The Kier molecular flexibility index (Phi) is 7.36. The molecular formula is C24H25ClN2O3S. The molecule has 3 rings (SSSR count). The predicted molar refractivity (Wildman–Crippen MR) is 125 cm³/mol. The predicted octanol–water partition coefficient (Wildman–Crippen LogP) is 5.66. The molecule has 0 aliphatic carbocycles. The first-order chi connectivity index (χ1) is 14.8. The van der Waals surface area contributed by atoms with Gasteiger partial charge in [0.25, 0.3) is 15.9 Å². The van der Waals surface area contributed by atoms with Crippen molar-refractivity contribution in [2.75, 3.05) is 4.72 Å². The minimum atomic E-state index is -3.78. The largest absolute Gasteiger partial charge is 0.345 e. The van der Waals surface area contributed by atoms with E-state index in [-0.39, 0.29) is 33.1 Å². The first-order valence-corrected chi connectivity index (χ1v) is 11.9. The molecule has 3 aromatic rings. The molecule has 3 aromatic carbocycles. The fourth-order valence-corrected chi connectivity index (χ4v) is 4.52. The maximum Gasteiger partial charge on any atom is 0.261 e. The first kappa shape index (κ1) is 22.8. The van der Waals surface area contributed by atoms with Crippen molar-refractivity contribution in [1.82, 2.24) is 5.32 Å². The molecule has 0 aromatic heterocycles. The molecule has 0 saturated heterocycles. The minimum Gasteiger partial charge on any atom is -0.345 e. The number of sulfonamides is 1. The Morgan fingerprint density at radius 1 is 0.935 bits per heavy atom. The van der Waals surface area contributed by atoms with Gasteiger partial charge in [0.2, 0.25) is 0 Å². The summed E-state index contributed by atoms with van der Waals surface area (Å²) in [5.74, 6) is 0.00487. The fourth-order valence-electron chi connectivity index (χ4n) is 3.25. The third kappa shape index (κ3) is 6.09. The molecule has 1 amide bonds. The lowest BCUT2D eigenvalue weighted by Crippen LogP contribution is -2.30. The summed E-state index contributed by atoms with van der Waals surface area (Å²) in [7, 11) is -3.78. The molecule has 0 spiro atoms. The quantitative estimate of drug-likeness (QED) is 0.459. The molecule has 2 N–H and O–H groups in total. The summed E-state index contributed by atoms with van der Waals surface area (Å²) in [6, 6.07) is 22.1. The number of hydrogen-bond donors (Lipinski definition) is 2. The summed E-state index contributed by atoms with van der Waals surface area (Å²) in [4.78, 5) is 13.2. The van der Waals surface area contributed by atoms with Crippen molar-refractivity contribution in [3.05, 3.63) is 95.0 Å². The van der Waals surface area contributed by atoms with Gasteiger partial charge in [-0.25, -0.2) is 8.42 Å². The average Bonchev–Trinajstić information content (AvgIpc) is 2.75. The van der Waals surface area contributed by atoms with Gasteiger partial charge in [-0.1, -0.05) is 74.0 Å². The molecule has 0 bridgehead atoms. The van der Waals surface area contributed by atoms with E-state index in [4.69, 9.17) is 11.6 Å². The van der Waals surface area contributed by atoms with Crippen molar-refractivity contribution < 1.29 is 13.2 Å². The summed E-state index contributed by atoms with van der Waals surface area (Å²) >= 11 is 6.28. The second-order valence-electron chi connectivity index (χ2n) is 7.68. The number of nitrogens with one attached hydrogen (secondary N) is 2. The molecule has 31 heavy (non-hydrogen) atoms. The Bertz CT molecular complexity index is 1130. The smallest absolute Gasteiger partial charge is 0.261 e. The van der Waals surface area contributed by atoms with E-state index in [1.165, 1.54) is 30.3 Å². The van der Waals surface area contributed by atoms with Crippen molar-refractivity contribution in [1.29, 1.82) is 0 Å². The molecule has 1 atom stereocenters. The van der Waals surface area contributed by atoms with E-state index in [0.29, 0.717) is 5.92 Å². The van der Waals surface area contributed by atoms with E-state index in [0.717, 1.165) is 12.0 Å². The van der Waals surface area contributed by atoms with Gasteiger partial charge in [0.1, 0.15) is 0 Å². The van der Waals surface area contributed by atoms with Gasteiger partial charge < -0.3 is 5.32 Å². The molecule has 5 nitrogen and oxygen atoms in total. The highest BCUT2D eigenvalue weighted by Gasteiger charge is 2.20. The molecule has 0 heterocycles. The maximum absolute atomic E-state index is 13.0. The Morgan fingerprint density at radius 3 is 2.16 bits per heavy atom. The van der Waals surface area contributed by atoms with Crippen LogP contribution >= 0.6 is 11.6 Å². The summed E-state index contributed by atoms with van der Waals surface area (Å²) in [5, 5.41) is 3.29. The molecule has 0 unspecified atom stereocenters. The molecule has 0 aliphatic heterocycles. The van der Waals surface area contributed by atoms with Gasteiger partial charge in [0.15, 0.2) is 0 Å². The topological polar surface area (TPSA) is 75.3 Å². The van der Waals surface area contributed by atoms with Crippen molar-refractivity contribution in [3.63, 3.8) is 0 Å². The summed E-state index contributed by atoms with van der Waals surface area (Å²) in [6.45, 7) is 4.18. The fraction of sp³-hybridized carbons (Fsp3) is 0.208. The van der Waals surface area contributed by atoms with Crippen LogP contribution in [-0.4, -0.2) is 14.3 Å². The van der Waals surface area contributed by atoms with Crippen molar-refractivity contribution in [3.8, 4) is 0 Å². The molecule has 162 valence electrons. The number of carbonyl (C=O) groups is 1. The maximum atomic E-state index is 13.0. The van der Waals surface area contributed by atoms with E-state index >= 15 is 0 Å². The molecule has 7 heteroatoms. The van der Waals surface area contributed by atoms with Crippen LogP contribution in [0.4, 0.5) is 5.69 Å². The highest BCUT2D eigenvalue weighted by atomic mass is 35.5. The van der Waals surface area contributed by atoms with E-state index in [2.05, 4.69) is 23.9 Å². The Hall–Kier alpha value is -2.83. The molecule has 0 fully saturated rings. The Balaban J connectivity index is 1.84. The lowest BCUT2D eigenvalue weighted by Gasteiger charge is -2.22. The van der Waals surface area contributed by atoms with Gasteiger partial charge in [-0.2, -0.15) is 0 Å². The van der Waals surface area contributed by atoms with Gasteiger partial charge >= 0.3 is 0 Å². The van der Waals surface area contributed by atoms with Crippen molar-refractivity contribution in [2.24, 2.45) is 5.92 Å². The molecule has 0 aliphatic rings. The van der Waals surface area contributed by atoms with Crippen LogP contribution in [0.3, 0.4) is 0 Å². The van der Waals surface area contributed by atoms with Crippen LogP contribution in [0.2, 0.25) is 5.02 Å². The van der Waals surface area contributed by atoms with Crippen LogP contribution in [0.5, 0.6) is 0 Å². The first-order valence-electron chi connectivity index (χ1n) is 9.99. The lowest BCUT2D eigenvalue weighted by atomic mass is 9.96. The van der Waals surface area contributed by atoms with Gasteiger partial charge in [-0.15, -0.1) is 0 Å². The summed E-state index contributed by atoms with van der Waals surface area (Å²) in [5.41, 5.74) is 1.47. The average molecular weight is 457 g/mol. The zero-order chi connectivity index (χ0) is 22.4. The van der Waals surface area contributed by atoms with Gasteiger partial charge in [0, 0.05) is 5.69 Å². The van der Waals surface area contributed by atoms with Crippen LogP contribution in [-0.2, 0) is 10.0 Å². The highest BCUT2D eigenvalue weighted by molar-refractivity contribution is 7.92. The standard InChI is InChI=1S/C24H25ClN2O3S/c1-17(2)15-23(18-9-5-3-6-10-18)26-24(28)21-16-19(13-14-22(21)25)27-31(29,30)20-11-7-4-8-12-20/h3-14,16-17,23,27H,15H2,1-2H3,(H,26,28)/t23-/m1/s1. The van der Waals surface area contributed by atoms with Gasteiger partial charge in [-0.05, 0) is 48.2 Å². The van der Waals surface area contributed by atoms with Crippen molar-refractivity contribution in [2.45, 2.75) is 31.2 Å². The SMILES string of the molecule is CC(C)C[C@@H](NC(=O)c1cc(NS(=O)(=O)c2ccccc2)ccc1Cl)c1ccccc1. The zero-order valence-corrected chi connectivity index (χ0v) is 19.0. The third-order valence-electron chi connectivity index (χ3n) is 4.73. The van der Waals surface area contributed by atoms with E-state index < -0.39 is 10.0 Å². The van der Waals surface area contributed by atoms with E-state index in [9.17, 15) is 13.2 Å². The third-order valence-corrected chi connectivity index (χ3v) is 6.46. The summed E-state index contributed by atoms with van der Waals surface area (Å²) in [6.07, 6.45) is 0.758. The Morgan fingerprint density at radius 2 is 1.55 bits per heavy atom. The number of anilines is 1. The van der Waals surface area contributed by atoms with Gasteiger partial charge in [-0.3, -0.25) is 9.52 Å². The van der Waals surface area contributed by atoms with Crippen LogP contribution in [0.15, 0.2) is 83.8 Å². The number of hydrogen-bond acceptors (Lipinski definition) is 3. The van der Waals surface area contributed by atoms with E-state index in [1.807, 2.05) is 30.3 Å². The van der Waals surface area contributed by atoms with Crippen LogP contribution in [0.25, 0.3) is 0 Å². The second-order valence-corrected chi connectivity index (χ2v) is 9.77. The van der Waals surface area contributed by atoms with Crippen LogP contribution in [0.1, 0.15) is 42.2 Å². The number of rotatable bonds is 8. The number of benzene rings is 3. The second kappa shape index (κ2) is 9.98. The number of halogens is 1. The minimum absolute atomic E-state index is 0.136. The Labute approximate surface area is 188 Å². The molecule has 0 saturated carbocycles. The molecule has 0 radical (unpaired) electrons. The number of carbonyl (C=O) groups excluding carboxylic acids is 1. The number of amides is 1. The van der Waals surface area contributed by atoms with Crippen LogP contribution in [0, 0.1) is 5.92 Å². The van der Waals surface area contributed by atoms with E-state index in [1.54, 1.807) is 18.2 Å². The normalized spacial score (nSPS) is 12.4.